The zero-order valence-corrected chi connectivity index (χ0v) is 12.4. The fourth-order valence-corrected chi connectivity index (χ4v) is 3.26. The second kappa shape index (κ2) is 5.34. The molecule has 1 aromatic carbocycles. The predicted octanol–water partition coefficient (Wildman–Crippen LogP) is 4.37. The van der Waals surface area contributed by atoms with Crippen LogP contribution in [-0.2, 0) is 6.42 Å². The summed E-state index contributed by atoms with van der Waals surface area (Å²) in [5, 5.41) is 0. The molecule has 0 fully saturated rings. The Hall–Kier alpha value is -0.640. The topological polar surface area (TPSA) is 26.0 Å². The molecule has 90 valence electrons. The summed E-state index contributed by atoms with van der Waals surface area (Å²) in [6.07, 6.45) is 0.893. The van der Waals surface area contributed by atoms with Crippen molar-refractivity contribution in [3.05, 3.63) is 55.7 Å². The molecule has 17 heavy (non-hydrogen) atoms. The summed E-state index contributed by atoms with van der Waals surface area (Å²) < 4.78 is 1.11. The quantitative estimate of drug-likeness (QED) is 0.895. The van der Waals surface area contributed by atoms with Gasteiger partial charge < -0.3 is 5.73 Å². The van der Waals surface area contributed by atoms with Crippen LogP contribution < -0.4 is 5.73 Å². The zero-order valence-electron chi connectivity index (χ0n) is 10.0. The van der Waals surface area contributed by atoms with Gasteiger partial charge in [0.1, 0.15) is 0 Å². The third-order valence-electron chi connectivity index (χ3n) is 2.85. The van der Waals surface area contributed by atoms with E-state index in [1.165, 1.54) is 20.9 Å². The number of hydrogen-bond acceptors (Lipinski definition) is 2. The number of nitrogens with two attached hydrogens (primary N) is 1. The highest BCUT2D eigenvalue weighted by molar-refractivity contribution is 9.10. The minimum atomic E-state index is 0.0983. The van der Waals surface area contributed by atoms with Gasteiger partial charge in [-0.2, -0.15) is 0 Å². The third-order valence-corrected chi connectivity index (χ3v) is 4.36. The van der Waals surface area contributed by atoms with Crippen LogP contribution in [0.1, 0.15) is 26.9 Å². The van der Waals surface area contributed by atoms with Gasteiger partial charge in [-0.05, 0) is 49.6 Å². The van der Waals surface area contributed by atoms with E-state index in [2.05, 4.69) is 60.1 Å². The van der Waals surface area contributed by atoms with E-state index in [1.807, 2.05) is 11.3 Å². The van der Waals surface area contributed by atoms with Crippen molar-refractivity contribution in [2.24, 2.45) is 5.73 Å². The number of benzene rings is 1. The van der Waals surface area contributed by atoms with Gasteiger partial charge in [-0.25, -0.2) is 0 Å². The molecule has 3 heteroatoms. The van der Waals surface area contributed by atoms with Gasteiger partial charge in [0.15, 0.2) is 0 Å². The van der Waals surface area contributed by atoms with Gasteiger partial charge in [0, 0.05) is 20.3 Å². The molecule has 0 aliphatic carbocycles. The average molecular weight is 310 g/mol. The van der Waals surface area contributed by atoms with E-state index >= 15 is 0 Å². The second-order valence-electron chi connectivity index (χ2n) is 4.31. The van der Waals surface area contributed by atoms with Crippen molar-refractivity contribution in [2.75, 3.05) is 0 Å². The van der Waals surface area contributed by atoms with E-state index in [4.69, 9.17) is 5.73 Å². The molecule has 0 spiro atoms. The molecule has 2 aromatic rings. The van der Waals surface area contributed by atoms with E-state index in [1.54, 1.807) is 0 Å². The van der Waals surface area contributed by atoms with Crippen molar-refractivity contribution < 1.29 is 0 Å². The standard InChI is InChI=1S/C14H16BrNS/c1-9-7-13(10(2)17-9)14(16)8-11-3-5-12(15)6-4-11/h3-7,14H,8,16H2,1-2H3. The van der Waals surface area contributed by atoms with E-state index in [9.17, 15) is 0 Å². The van der Waals surface area contributed by atoms with Gasteiger partial charge in [0.2, 0.25) is 0 Å². The molecule has 2 N–H and O–H groups in total. The van der Waals surface area contributed by atoms with Crippen molar-refractivity contribution >= 4 is 27.3 Å². The lowest BCUT2D eigenvalue weighted by molar-refractivity contribution is 0.720. The Morgan fingerprint density at radius 1 is 1.24 bits per heavy atom. The summed E-state index contributed by atoms with van der Waals surface area (Å²) in [5.74, 6) is 0. The lowest BCUT2D eigenvalue weighted by Crippen LogP contribution is -2.13. The molecule has 1 nitrogen and oxygen atoms in total. The summed E-state index contributed by atoms with van der Waals surface area (Å²) >= 11 is 5.27. The molecule has 0 aliphatic rings. The molecule has 0 bridgehead atoms. The SMILES string of the molecule is Cc1cc(C(N)Cc2ccc(Br)cc2)c(C)s1. The van der Waals surface area contributed by atoms with Crippen LogP contribution in [0, 0.1) is 13.8 Å². The first kappa shape index (κ1) is 12.8. The van der Waals surface area contributed by atoms with Gasteiger partial charge in [-0.3, -0.25) is 0 Å². The first-order valence-electron chi connectivity index (χ1n) is 5.63. The van der Waals surface area contributed by atoms with E-state index in [-0.39, 0.29) is 6.04 Å². The van der Waals surface area contributed by atoms with Crippen molar-refractivity contribution in [1.29, 1.82) is 0 Å². The molecule has 0 radical (unpaired) electrons. The van der Waals surface area contributed by atoms with Crippen LogP contribution in [0.5, 0.6) is 0 Å². The van der Waals surface area contributed by atoms with E-state index in [0.717, 1.165) is 10.9 Å². The minimum Gasteiger partial charge on any atom is -0.324 e. The number of thiophene rings is 1. The predicted molar refractivity (Wildman–Crippen MR) is 78.6 cm³/mol. The Kier molecular flexibility index (Phi) is 4.02. The Balaban J connectivity index is 2.14. The monoisotopic (exact) mass is 309 g/mol. The second-order valence-corrected chi connectivity index (χ2v) is 6.68. The van der Waals surface area contributed by atoms with Gasteiger partial charge in [-0.1, -0.05) is 28.1 Å². The van der Waals surface area contributed by atoms with Crippen LogP contribution >= 0.6 is 27.3 Å². The van der Waals surface area contributed by atoms with Crippen molar-refractivity contribution in [3.8, 4) is 0 Å². The Labute approximate surface area is 115 Å². The molecule has 1 atom stereocenters. The number of aryl methyl sites for hydroxylation is 2. The maximum absolute atomic E-state index is 6.27. The Morgan fingerprint density at radius 2 is 1.88 bits per heavy atom. The first-order chi connectivity index (χ1) is 8.06. The summed E-state index contributed by atoms with van der Waals surface area (Å²) in [6.45, 7) is 4.28. The van der Waals surface area contributed by atoms with Crippen LogP contribution in [0.2, 0.25) is 0 Å². The fraction of sp³-hybridized carbons (Fsp3) is 0.286. The van der Waals surface area contributed by atoms with E-state index in [0.29, 0.717) is 0 Å². The molecule has 0 saturated heterocycles. The van der Waals surface area contributed by atoms with Gasteiger partial charge in [0.05, 0.1) is 0 Å². The summed E-state index contributed by atoms with van der Waals surface area (Å²) in [5.41, 5.74) is 8.84. The van der Waals surface area contributed by atoms with Gasteiger partial charge in [0.25, 0.3) is 0 Å². The van der Waals surface area contributed by atoms with Gasteiger partial charge in [-0.15, -0.1) is 11.3 Å². The lowest BCUT2D eigenvalue weighted by atomic mass is 10.0. The zero-order chi connectivity index (χ0) is 12.4. The molecule has 1 heterocycles. The number of rotatable bonds is 3. The fourth-order valence-electron chi connectivity index (χ4n) is 2.00. The summed E-state index contributed by atoms with van der Waals surface area (Å²) in [7, 11) is 0. The molecular formula is C14H16BrNS. The van der Waals surface area contributed by atoms with Crippen LogP contribution in [-0.4, -0.2) is 0 Å². The highest BCUT2D eigenvalue weighted by Crippen LogP contribution is 2.27. The van der Waals surface area contributed by atoms with E-state index < -0.39 is 0 Å². The van der Waals surface area contributed by atoms with Crippen molar-refractivity contribution in [1.82, 2.24) is 0 Å². The molecule has 2 rings (SSSR count). The van der Waals surface area contributed by atoms with Crippen molar-refractivity contribution in [2.45, 2.75) is 26.3 Å². The number of hydrogen-bond donors (Lipinski definition) is 1. The van der Waals surface area contributed by atoms with Crippen LogP contribution in [0.25, 0.3) is 0 Å². The summed E-state index contributed by atoms with van der Waals surface area (Å²) in [6, 6.07) is 10.7. The van der Waals surface area contributed by atoms with Crippen LogP contribution in [0.3, 0.4) is 0 Å². The van der Waals surface area contributed by atoms with Crippen molar-refractivity contribution in [3.63, 3.8) is 0 Å². The molecule has 0 saturated carbocycles. The molecule has 1 unspecified atom stereocenters. The van der Waals surface area contributed by atoms with Gasteiger partial charge >= 0.3 is 0 Å². The number of halogens is 1. The Morgan fingerprint density at radius 3 is 2.41 bits per heavy atom. The van der Waals surface area contributed by atoms with Crippen LogP contribution in [0.4, 0.5) is 0 Å². The normalized spacial score (nSPS) is 12.7. The third kappa shape index (κ3) is 3.18. The summed E-state index contributed by atoms with van der Waals surface area (Å²) in [4.78, 5) is 2.68. The highest BCUT2D eigenvalue weighted by Gasteiger charge is 2.12. The molecular weight excluding hydrogens is 294 g/mol. The average Bonchev–Trinajstić information content (AvgIpc) is 2.61. The van der Waals surface area contributed by atoms with Crippen LogP contribution in [0.15, 0.2) is 34.8 Å². The first-order valence-corrected chi connectivity index (χ1v) is 7.24. The lowest BCUT2D eigenvalue weighted by Gasteiger charge is -2.11. The Bertz CT molecular complexity index is 501. The molecule has 0 amide bonds. The molecule has 0 aliphatic heterocycles. The smallest absolute Gasteiger partial charge is 0.0346 e. The largest absolute Gasteiger partial charge is 0.324 e. The maximum Gasteiger partial charge on any atom is 0.0346 e. The molecule has 1 aromatic heterocycles. The minimum absolute atomic E-state index is 0.0983. The highest BCUT2D eigenvalue weighted by atomic mass is 79.9. The maximum atomic E-state index is 6.27.